The number of aromatic nitrogens is 1. The fraction of sp³-hybridized carbons (Fsp3) is 0.600. The highest BCUT2D eigenvalue weighted by molar-refractivity contribution is 7.97. The van der Waals surface area contributed by atoms with E-state index in [1.54, 1.807) is 4.90 Å². The van der Waals surface area contributed by atoms with Gasteiger partial charge >= 0.3 is 0 Å². The lowest BCUT2D eigenvalue weighted by molar-refractivity contribution is 0.949. The fourth-order valence-corrected chi connectivity index (χ4v) is 4.45. The zero-order valence-corrected chi connectivity index (χ0v) is 8.63. The van der Waals surface area contributed by atoms with E-state index in [0.29, 0.717) is 10.9 Å². The summed E-state index contributed by atoms with van der Waals surface area (Å²) in [6.07, 6.45) is 2.87. The summed E-state index contributed by atoms with van der Waals surface area (Å²) in [5.74, 6) is 2.86. The molecule has 0 spiro atoms. The molecule has 0 radical (unpaired) electrons. The van der Waals surface area contributed by atoms with Gasteiger partial charge in [0.25, 0.3) is 0 Å². The van der Waals surface area contributed by atoms with Crippen LogP contribution in [0.15, 0.2) is 11.0 Å². The van der Waals surface area contributed by atoms with E-state index in [4.69, 9.17) is 0 Å². The maximum absolute atomic E-state index is 3.39. The van der Waals surface area contributed by atoms with Crippen molar-refractivity contribution in [3.05, 3.63) is 17.5 Å². The van der Waals surface area contributed by atoms with E-state index in [-0.39, 0.29) is 0 Å². The molecule has 0 aromatic carbocycles. The van der Waals surface area contributed by atoms with E-state index in [1.807, 2.05) is 0 Å². The first-order chi connectivity index (χ1) is 5.77. The van der Waals surface area contributed by atoms with E-state index in [2.05, 4.69) is 24.9 Å². The molecule has 0 aliphatic carbocycles. The van der Waals surface area contributed by atoms with Crippen molar-refractivity contribution >= 4 is 10.9 Å². The van der Waals surface area contributed by atoms with Gasteiger partial charge in [-0.05, 0) is 26.7 Å². The third-order valence-corrected chi connectivity index (χ3v) is 5.05. The second kappa shape index (κ2) is 3.17. The minimum Gasteiger partial charge on any atom is -0.359 e. The van der Waals surface area contributed by atoms with E-state index in [0.717, 1.165) is 0 Å². The summed E-state index contributed by atoms with van der Waals surface area (Å²) in [6.45, 7) is 4.35. The van der Waals surface area contributed by atoms with Crippen LogP contribution in [0.4, 0.5) is 0 Å². The van der Waals surface area contributed by atoms with Gasteiger partial charge in [-0.1, -0.05) is 0 Å². The predicted octanol–water partition coefficient (Wildman–Crippen LogP) is 2.40. The normalized spacial score (nSPS) is 18.8. The second-order valence-electron chi connectivity index (χ2n) is 3.55. The summed E-state index contributed by atoms with van der Waals surface area (Å²) in [6, 6.07) is 2.34. The Hall–Kier alpha value is -0.370. The Kier molecular flexibility index (Phi) is 2.18. The van der Waals surface area contributed by atoms with Gasteiger partial charge < -0.3 is 4.98 Å². The van der Waals surface area contributed by atoms with Gasteiger partial charge in [-0.2, -0.15) is 0 Å². The SMILES string of the molecule is Cc1cc([S+]2CCCC2)c(C)[nH]1. The Morgan fingerprint density at radius 3 is 2.42 bits per heavy atom. The Morgan fingerprint density at radius 1 is 1.25 bits per heavy atom. The number of aromatic amines is 1. The van der Waals surface area contributed by atoms with Crippen LogP contribution in [0, 0.1) is 13.8 Å². The van der Waals surface area contributed by atoms with Crippen molar-refractivity contribution in [3.8, 4) is 0 Å². The van der Waals surface area contributed by atoms with Gasteiger partial charge in [0.15, 0.2) is 4.90 Å². The number of aryl methyl sites for hydroxylation is 2. The lowest BCUT2D eigenvalue weighted by Crippen LogP contribution is -2.03. The molecule has 0 amide bonds. The van der Waals surface area contributed by atoms with E-state index >= 15 is 0 Å². The highest BCUT2D eigenvalue weighted by atomic mass is 32.2. The molecule has 2 heterocycles. The topological polar surface area (TPSA) is 15.8 Å². The minimum atomic E-state index is 0.587. The Bertz CT molecular complexity index is 271. The van der Waals surface area contributed by atoms with Crippen LogP contribution in [0.2, 0.25) is 0 Å². The van der Waals surface area contributed by atoms with Gasteiger partial charge in [0.2, 0.25) is 0 Å². The van der Waals surface area contributed by atoms with Gasteiger partial charge in [0, 0.05) is 22.7 Å². The molecule has 2 heteroatoms. The standard InChI is InChI=1S/C10H16NS/c1-8-7-10(9(2)11-8)12-5-3-4-6-12/h7,11H,3-6H2,1-2H3/q+1. The molecule has 1 aliphatic rings. The summed E-state index contributed by atoms with van der Waals surface area (Å²) in [5, 5.41) is 0. The van der Waals surface area contributed by atoms with Gasteiger partial charge in [0.05, 0.1) is 5.69 Å². The van der Waals surface area contributed by atoms with Crippen LogP contribution in [0.5, 0.6) is 0 Å². The molecule has 12 heavy (non-hydrogen) atoms. The van der Waals surface area contributed by atoms with Crippen LogP contribution >= 0.6 is 0 Å². The zero-order valence-electron chi connectivity index (χ0n) is 7.81. The van der Waals surface area contributed by atoms with Crippen molar-refractivity contribution in [2.75, 3.05) is 11.5 Å². The molecule has 2 rings (SSSR count). The third-order valence-electron chi connectivity index (χ3n) is 2.44. The van der Waals surface area contributed by atoms with Crippen LogP contribution in [0.3, 0.4) is 0 Å². The molecule has 1 aliphatic heterocycles. The van der Waals surface area contributed by atoms with Gasteiger partial charge in [-0.3, -0.25) is 0 Å². The number of nitrogens with one attached hydrogen (secondary N) is 1. The molecule has 1 aromatic rings. The van der Waals surface area contributed by atoms with Crippen molar-refractivity contribution in [1.29, 1.82) is 0 Å². The number of hydrogen-bond acceptors (Lipinski definition) is 0. The van der Waals surface area contributed by atoms with Crippen LogP contribution in [0.1, 0.15) is 24.2 Å². The fourth-order valence-electron chi connectivity index (χ4n) is 1.87. The largest absolute Gasteiger partial charge is 0.359 e. The maximum Gasteiger partial charge on any atom is 0.175 e. The molecule has 1 nitrogen and oxygen atoms in total. The summed E-state index contributed by atoms with van der Waals surface area (Å²) in [5.41, 5.74) is 2.72. The van der Waals surface area contributed by atoms with Crippen LogP contribution < -0.4 is 0 Å². The van der Waals surface area contributed by atoms with E-state index in [1.165, 1.54) is 35.7 Å². The van der Waals surface area contributed by atoms with Crippen molar-refractivity contribution < 1.29 is 0 Å². The van der Waals surface area contributed by atoms with Crippen molar-refractivity contribution in [3.63, 3.8) is 0 Å². The molecule has 0 saturated carbocycles. The first kappa shape index (κ1) is 8.24. The van der Waals surface area contributed by atoms with Gasteiger partial charge in [0.1, 0.15) is 11.5 Å². The van der Waals surface area contributed by atoms with Crippen LogP contribution in [-0.4, -0.2) is 16.5 Å². The first-order valence-corrected chi connectivity index (χ1v) is 6.17. The summed E-state index contributed by atoms with van der Waals surface area (Å²) in [4.78, 5) is 4.99. The third kappa shape index (κ3) is 1.40. The lowest BCUT2D eigenvalue weighted by Gasteiger charge is -1.96. The quantitative estimate of drug-likeness (QED) is 0.642. The van der Waals surface area contributed by atoms with Crippen molar-refractivity contribution in [1.82, 2.24) is 4.98 Å². The molecule has 1 N–H and O–H groups in total. The van der Waals surface area contributed by atoms with E-state index < -0.39 is 0 Å². The average Bonchev–Trinajstić information content (AvgIpc) is 2.58. The number of rotatable bonds is 1. The monoisotopic (exact) mass is 182 g/mol. The van der Waals surface area contributed by atoms with Crippen molar-refractivity contribution in [2.24, 2.45) is 0 Å². The Morgan fingerprint density at radius 2 is 1.92 bits per heavy atom. The first-order valence-electron chi connectivity index (χ1n) is 4.61. The molecule has 1 aromatic heterocycles. The highest BCUT2D eigenvalue weighted by Crippen LogP contribution is 2.26. The zero-order chi connectivity index (χ0) is 8.55. The molecular formula is C10H16NS+. The number of hydrogen-bond donors (Lipinski definition) is 1. The Balaban J connectivity index is 2.25. The van der Waals surface area contributed by atoms with Crippen molar-refractivity contribution in [2.45, 2.75) is 31.6 Å². The lowest BCUT2D eigenvalue weighted by atomic mass is 10.4. The smallest absolute Gasteiger partial charge is 0.175 e. The molecule has 0 unspecified atom stereocenters. The van der Waals surface area contributed by atoms with Gasteiger partial charge in [-0.15, -0.1) is 0 Å². The molecule has 66 valence electrons. The summed E-state index contributed by atoms with van der Waals surface area (Å²) < 4.78 is 0. The van der Waals surface area contributed by atoms with Crippen LogP contribution in [-0.2, 0) is 10.9 Å². The van der Waals surface area contributed by atoms with Gasteiger partial charge in [-0.25, -0.2) is 0 Å². The molecule has 0 bridgehead atoms. The number of H-pyrrole nitrogens is 1. The molecular weight excluding hydrogens is 166 g/mol. The minimum absolute atomic E-state index is 0.587. The van der Waals surface area contributed by atoms with E-state index in [9.17, 15) is 0 Å². The Labute approximate surface area is 76.9 Å². The molecule has 0 atom stereocenters. The second-order valence-corrected chi connectivity index (χ2v) is 5.79. The summed E-state index contributed by atoms with van der Waals surface area (Å²) >= 11 is 0. The molecule has 1 saturated heterocycles. The maximum atomic E-state index is 3.39. The summed E-state index contributed by atoms with van der Waals surface area (Å²) in [7, 11) is 0.587. The molecule has 1 fully saturated rings. The predicted molar refractivity (Wildman–Crippen MR) is 54.9 cm³/mol. The average molecular weight is 182 g/mol. The highest BCUT2D eigenvalue weighted by Gasteiger charge is 2.29. The van der Waals surface area contributed by atoms with Crippen LogP contribution in [0.25, 0.3) is 0 Å².